The van der Waals surface area contributed by atoms with Crippen LogP contribution >= 0.6 is 0 Å². The summed E-state index contributed by atoms with van der Waals surface area (Å²) < 4.78 is 10.1. The second-order valence-corrected chi connectivity index (χ2v) is 10.7. The van der Waals surface area contributed by atoms with Crippen LogP contribution in [0.15, 0.2) is 55.1 Å². The Hall–Kier alpha value is -4.18. The van der Waals surface area contributed by atoms with Crippen LogP contribution in [0.4, 0.5) is 11.6 Å². The Kier molecular flexibility index (Phi) is 5.84. The van der Waals surface area contributed by atoms with Gasteiger partial charge in [-0.1, -0.05) is 0 Å². The van der Waals surface area contributed by atoms with Crippen LogP contribution in [0.2, 0.25) is 0 Å². The van der Waals surface area contributed by atoms with Crippen LogP contribution in [0.25, 0.3) is 33.2 Å². The summed E-state index contributed by atoms with van der Waals surface area (Å²) in [5, 5.41) is 17.4. The molecule has 0 bridgehead atoms. The number of hydrogen-bond acceptors (Lipinski definition) is 8. The number of benzene rings is 1. The van der Waals surface area contributed by atoms with Gasteiger partial charge in [0.2, 0.25) is 0 Å². The topological polar surface area (TPSA) is 120 Å². The minimum Gasteiger partial charge on any atom is -0.494 e. The van der Waals surface area contributed by atoms with E-state index in [9.17, 15) is 5.11 Å². The quantitative estimate of drug-likeness (QED) is 0.328. The molecule has 4 aromatic heterocycles. The van der Waals surface area contributed by atoms with E-state index in [1.807, 2.05) is 31.4 Å². The minimum absolute atomic E-state index is 0.101. The third-order valence-electron chi connectivity index (χ3n) is 8.24. The monoisotopic (exact) mass is 524 g/mol. The van der Waals surface area contributed by atoms with Crippen molar-refractivity contribution in [2.75, 3.05) is 30.3 Å². The zero-order chi connectivity index (χ0) is 26.5. The highest BCUT2D eigenvalue weighted by Gasteiger charge is 2.35. The lowest BCUT2D eigenvalue weighted by molar-refractivity contribution is 0.116. The van der Waals surface area contributed by atoms with Crippen LogP contribution in [-0.2, 0) is 7.05 Å². The minimum atomic E-state index is -0.411. The third kappa shape index (κ3) is 4.34. The van der Waals surface area contributed by atoms with Crippen LogP contribution in [0.5, 0.6) is 5.75 Å². The Morgan fingerprint density at radius 1 is 1.10 bits per heavy atom. The molecule has 1 aromatic carbocycles. The van der Waals surface area contributed by atoms with E-state index in [0.717, 1.165) is 70.7 Å². The second-order valence-electron chi connectivity index (χ2n) is 10.7. The molecule has 0 spiro atoms. The molecule has 7 rings (SSSR count). The fourth-order valence-electron chi connectivity index (χ4n) is 5.98. The van der Waals surface area contributed by atoms with E-state index in [-0.39, 0.29) is 12.0 Å². The fourth-order valence-corrected chi connectivity index (χ4v) is 5.98. The van der Waals surface area contributed by atoms with Crippen molar-refractivity contribution in [2.24, 2.45) is 13.0 Å². The number of ether oxygens (including phenoxy) is 1. The maximum absolute atomic E-state index is 11.0. The molecule has 0 amide bonds. The highest BCUT2D eigenvalue weighted by atomic mass is 16.5. The van der Waals surface area contributed by atoms with E-state index in [0.29, 0.717) is 18.8 Å². The average molecular weight is 525 g/mol. The largest absolute Gasteiger partial charge is 0.494 e. The molecule has 10 heteroatoms. The number of rotatable bonds is 7. The summed E-state index contributed by atoms with van der Waals surface area (Å²) in [6.07, 6.45) is 8.53. The van der Waals surface area contributed by atoms with Crippen molar-refractivity contribution >= 4 is 33.6 Å². The maximum atomic E-state index is 11.0. The molecular formula is C29H32N8O2. The Morgan fingerprint density at radius 3 is 2.77 bits per heavy atom. The summed E-state index contributed by atoms with van der Waals surface area (Å²) in [6, 6.07) is 12.3. The molecule has 3 atom stereocenters. The number of pyridine rings is 1. The fraction of sp³-hybridized carbons (Fsp3) is 0.379. The van der Waals surface area contributed by atoms with Crippen LogP contribution in [0.1, 0.15) is 31.7 Å². The number of nitrogens with two attached hydrogens (primary N) is 1. The Labute approximate surface area is 226 Å². The van der Waals surface area contributed by atoms with Gasteiger partial charge in [0.1, 0.15) is 29.4 Å². The van der Waals surface area contributed by atoms with E-state index in [4.69, 9.17) is 15.5 Å². The molecule has 10 nitrogen and oxygen atoms in total. The van der Waals surface area contributed by atoms with Gasteiger partial charge in [0.05, 0.1) is 29.3 Å². The number of aromatic nitrogens is 6. The Bertz CT molecular complexity index is 1660. The van der Waals surface area contributed by atoms with Gasteiger partial charge in [-0.3, -0.25) is 4.68 Å². The zero-order valence-electron chi connectivity index (χ0n) is 21.9. The van der Waals surface area contributed by atoms with Crippen LogP contribution in [0, 0.1) is 5.92 Å². The summed E-state index contributed by atoms with van der Waals surface area (Å²) in [4.78, 5) is 15.9. The van der Waals surface area contributed by atoms with Gasteiger partial charge >= 0.3 is 0 Å². The lowest BCUT2D eigenvalue weighted by Gasteiger charge is -2.32. The highest BCUT2D eigenvalue weighted by molar-refractivity contribution is 5.99. The molecule has 1 saturated heterocycles. The van der Waals surface area contributed by atoms with Gasteiger partial charge in [0, 0.05) is 55.6 Å². The summed E-state index contributed by atoms with van der Waals surface area (Å²) in [7, 11) is 1.89. The summed E-state index contributed by atoms with van der Waals surface area (Å²) in [5.74, 6) is 2.40. The molecule has 5 aromatic rings. The maximum Gasteiger partial charge on any atom is 0.146 e. The van der Waals surface area contributed by atoms with Gasteiger partial charge in [0.15, 0.2) is 0 Å². The molecule has 0 unspecified atom stereocenters. The average Bonchev–Trinajstić information content (AvgIpc) is 3.60. The van der Waals surface area contributed by atoms with Crippen molar-refractivity contribution in [2.45, 2.75) is 37.8 Å². The molecule has 39 heavy (non-hydrogen) atoms. The number of nitrogens with zero attached hydrogens (tertiary/aromatic N) is 7. The van der Waals surface area contributed by atoms with Gasteiger partial charge in [-0.05, 0) is 61.9 Å². The van der Waals surface area contributed by atoms with Crippen molar-refractivity contribution in [1.29, 1.82) is 0 Å². The summed E-state index contributed by atoms with van der Waals surface area (Å²) in [6.45, 7) is 2.68. The first-order valence-electron chi connectivity index (χ1n) is 13.6. The number of nitrogen functional groups attached to an aromatic ring is 1. The first-order valence-corrected chi connectivity index (χ1v) is 13.6. The highest BCUT2D eigenvalue weighted by Crippen LogP contribution is 2.41. The number of fused-ring (bicyclic) bond motifs is 2. The molecule has 1 aliphatic heterocycles. The Balaban J connectivity index is 1.05. The first-order chi connectivity index (χ1) is 19.0. The van der Waals surface area contributed by atoms with Crippen molar-refractivity contribution in [3.8, 4) is 17.0 Å². The second kappa shape index (κ2) is 9.53. The standard InChI is InChI=1S/C29H32N8O2/c1-35-11-7-23(34-35)22-16-37(29-27(22)28(30)31-17-32-29)20-13-19(25(38)14-20)8-12-39-21-5-3-18-4-6-26(33-24(18)15-21)36-9-2-10-36/h3-7,11,15-17,19-20,25,38H,2,8-10,12-14H2,1H3,(H2,30,31,32)/t19-,20+,25-/m0/s1. The normalized spacial score (nSPS) is 21.1. The van der Waals surface area contributed by atoms with Gasteiger partial charge in [0.25, 0.3) is 0 Å². The van der Waals surface area contributed by atoms with Crippen LogP contribution < -0.4 is 15.4 Å². The van der Waals surface area contributed by atoms with Gasteiger partial charge in [-0.25, -0.2) is 15.0 Å². The lowest BCUT2D eigenvalue weighted by atomic mass is 10.0. The van der Waals surface area contributed by atoms with Gasteiger partial charge in [-0.15, -0.1) is 0 Å². The van der Waals surface area contributed by atoms with Gasteiger partial charge in [-0.2, -0.15) is 5.10 Å². The van der Waals surface area contributed by atoms with E-state index in [1.165, 1.54) is 12.7 Å². The molecule has 1 aliphatic carbocycles. The number of aryl methyl sites for hydroxylation is 1. The number of anilines is 2. The number of hydrogen-bond donors (Lipinski definition) is 2. The van der Waals surface area contributed by atoms with E-state index < -0.39 is 6.10 Å². The molecule has 2 aliphatic rings. The van der Waals surface area contributed by atoms with Crippen LogP contribution in [0.3, 0.4) is 0 Å². The predicted octanol–water partition coefficient (Wildman–Crippen LogP) is 3.95. The molecule has 0 radical (unpaired) electrons. The van der Waals surface area contributed by atoms with Gasteiger partial charge < -0.3 is 25.0 Å². The zero-order valence-corrected chi connectivity index (χ0v) is 21.9. The summed E-state index contributed by atoms with van der Waals surface area (Å²) in [5.41, 5.74) is 9.74. The molecular weight excluding hydrogens is 492 g/mol. The molecule has 1 saturated carbocycles. The first kappa shape index (κ1) is 23.9. The SMILES string of the molecule is Cn1ccc(-c2cn([C@@H]3C[C@H](CCOc4ccc5ccc(N6CCC6)nc5c4)[C@@H](O)C3)c3ncnc(N)c23)n1. The van der Waals surface area contributed by atoms with E-state index in [1.54, 1.807) is 4.68 Å². The smallest absolute Gasteiger partial charge is 0.146 e. The molecule has 3 N–H and O–H groups in total. The third-order valence-corrected chi connectivity index (χ3v) is 8.24. The van der Waals surface area contributed by atoms with E-state index in [2.05, 4.69) is 48.9 Å². The van der Waals surface area contributed by atoms with Crippen molar-refractivity contribution in [1.82, 2.24) is 29.3 Å². The van der Waals surface area contributed by atoms with Crippen molar-refractivity contribution in [3.05, 3.63) is 55.1 Å². The van der Waals surface area contributed by atoms with Crippen molar-refractivity contribution in [3.63, 3.8) is 0 Å². The number of aliphatic hydroxyl groups excluding tert-OH is 1. The summed E-state index contributed by atoms with van der Waals surface area (Å²) >= 11 is 0. The predicted molar refractivity (Wildman–Crippen MR) is 151 cm³/mol. The molecule has 2 fully saturated rings. The lowest BCUT2D eigenvalue weighted by Crippen LogP contribution is -2.37. The van der Waals surface area contributed by atoms with Crippen LogP contribution in [-0.4, -0.2) is 60.2 Å². The number of aliphatic hydroxyl groups is 1. The molecule has 5 heterocycles. The molecule has 200 valence electrons. The van der Waals surface area contributed by atoms with E-state index >= 15 is 0 Å². The van der Waals surface area contributed by atoms with Crippen molar-refractivity contribution < 1.29 is 9.84 Å². The Morgan fingerprint density at radius 2 is 1.97 bits per heavy atom.